The number of nitrogens with one attached hydrogen (secondary N) is 2. The second-order valence-electron chi connectivity index (χ2n) is 7.91. The molecule has 2 amide bonds. The molecule has 32 heavy (non-hydrogen) atoms. The molecule has 0 spiro atoms. The number of piperidine rings is 1. The van der Waals surface area contributed by atoms with Crippen LogP contribution in [-0.4, -0.2) is 50.1 Å². The van der Waals surface area contributed by atoms with Gasteiger partial charge in [0.25, 0.3) is 17.5 Å². The highest BCUT2D eigenvalue weighted by molar-refractivity contribution is 6.06. The molecule has 0 atom stereocenters. The molecule has 9 nitrogen and oxygen atoms in total. The Hall–Kier alpha value is -3.46. The number of hydrogen-bond donors (Lipinski definition) is 2. The van der Waals surface area contributed by atoms with Crippen LogP contribution in [0.1, 0.15) is 40.5 Å². The molecular weight excluding hydrogens is 412 g/mol. The number of nitro benzene ring substituents is 1. The van der Waals surface area contributed by atoms with Gasteiger partial charge in [0.1, 0.15) is 0 Å². The molecule has 2 N–H and O–H groups in total. The van der Waals surface area contributed by atoms with E-state index in [-0.39, 0.29) is 17.2 Å². The van der Waals surface area contributed by atoms with Gasteiger partial charge >= 0.3 is 0 Å². The molecule has 0 unspecified atom stereocenters. The lowest BCUT2D eigenvalue weighted by Crippen LogP contribution is -2.35. The molecule has 1 heterocycles. The molecule has 0 aliphatic carbocycles. The van der Waals surface area contributed by atoms with Crippen molar-refractivity contribution in [3.63, 3.8) is 0 Å². The van der Waals surface area contributed by atoms with Gasteiger partial charge in [-0.25, -0.2) is 0 Å². The first-order chi connectivity index (χ1) is 15.4. The summed E-state index contributed by atoms with van der Waals surface area (Å²) in [5, 5.41) is 16.6. The molecule has 2 aromatic rings. The van der Waals surface area contributed by atoms with Gasteiger partial charge < -0.3 is 20.3 Å². The molecular formula is C23H28N4O5. The van der Waals surface area contributed by atoms with Crippen LogP contribution in [0.3, 0.4) is 0 Å². The molecule has 3 rings (SSSR count). The third kappa shape index (κ3) is 5.82. The van der Waals surface area contributed by atoms with Gasteiger partial charge in [-0.05, 0) is 43.0 Å². The molecule has 9 heteroatoms. The first-order valence-electron chi connectivity index (χ1n) is 10.6. The monoisotopic (exact) mass is 440 g/mol. The number of non-ortho nitro benzene ring substituents is 1. The summed E-state index contributed by atoms with van der Waals surface area (Å²) in [4.78, 5) is 38.2. The maximum Gasteiger partial charge on any atom is 0.270 e. The van der Waals surface area contributed by atoms with Crippen LogP contribution < -0.4 is 15.5 Å². The van der Waals surface area contributed by atoms with Crippen molar-refractivity contribution in [1.82, 2.24) is 5.32 Å². The fraction of sp³-hybridized carbons (Fsp3) is 0.391. The van der Waals surface area contributed by atoms with Crippen molar-refractivity contribution in [3.05, 3.63) is 63.7 Å². The number of anilines is 2. The van der Waals surface area contributed by atoms with Gasteiger partial charge in [0.05, 0.1) is 17.1 Å². The van der Waals surface area contributed by atoms with Crippen molar-refractivity contribution in [3.8, 4) is 0 Å². The molecule has 0 radical (unpaired) electrons. The summed E-state index contributed by atoms with van der Waals surface area (Å²) in [6.45, 7) is 4.71. The summed E-state index contributed by atoms with van der Waals surface area (Å²) in [5.41, 5.74) is 1.73. The quantitative estimate of drug-likeness (QED) is 0.369. The Kier molecular flexibility index (Phi) is 7.77. The van der Waals surface area contributed by atoms with E-state index in [1.807, 2.05) is 6.07 Å². The Morgan fingerprint density at radius 2 is 1.91 bits per heavy atom. The van der Waals surface area contributed by atoms with Crippen molar-refractivity contribution in [2.75, 3.05) is 43.6 Å². The van der Waals surface area contributed by atoms with Gasteiger partial charge in [-0.15, -0.1) is 0 Å². The number of carbonyl (C=O) groups excluding carboxylic acids is 2. The number of nitro groups is 1. The molecule has 170 valence electrons. The molecule has 2 aromatic carbocycles. The first kappa shape index (κ1) is 23.2. The van der Waals surface area contributed by atoms with Crippen LogP contribution in [0, 0.1) is 16.0 Å². The van der Waals surface area contributed by atoms with E-state index in [9.17, 15) is 19.7 Å². The first-order valence-corrected chi connectivity index (χ1v) is 10.6. The average Bonchev–Trinajstić information content (AvgIpc) is 2.80. The molecule has 0 saturated carbocycles. The number of methoxy groups -OCH3 is 1. The van der Waals surface area contributed by atoms with Crippen LogP contribution in [0.25, 0.3) is 0 Å². The lowest BCUT2D eigenvalue weighted by atomic mass is 9.97. The predicted octanol–water partition coefficient (Wildman–Crippen LogP) is 3.46. The van der Waals surface area contributed by atoms with E-state index in [1.54, 1.807) is 19.2 Å². The smallest absolute Gasteiger partial charge is 0.270 e. The normalized spacial score (nSPS) is 14.1. The number of rotatable bonds is 8. The van der Waals surface area contributed by atoms with Gasteiger partial charge in [-0.3, -0.25) is 19.7 Å². The van der Waals surface area contributed by atoms with Gasteiger partial charge in [0, 0.05) is 55.8 Å². The second-order valence-corrected chi connectivity index (χ2v) is 7.91. The van der Waals surface area contributed by atoms with E-state index in [1.165, 1.54) is 24.3 Å². The second kappa shape index (κ2) is 10.7. The number of carbonyl (C=O) groups is 2. The Labute approximate surface area is 186 Å². The highest BCUT2D eigenvalue weighted by Gasteiger charge is 2.22. The Bertz CT molecular complexity index is 986. The van der Waals surface area contributed by atoms with E-state index in [4.69, 9.17) is 4.74 Å². The maximum atomic E-state index is 12.9. The SMILES string of the molecule is COCCNC(=O)c1cc(NC(=O)c2cccc([N+](=O)[O-])c2)ccc1N1CCC(C)CC1. The largest absolute Gasteiger partial charge is 0.383 e. The minimum atomic E-state index is -0.548. The number of amides is 2. The van der Waals surface area contributed by atoms with Crippen LogP contribution in [0.2, 0.25) is 0 Å². The fourth-order valence-corrected chi connectivity index (χ4v) is 3.65. The standard InChI is InChI=1S/C23H28N4O5/c1-16-8-11-26(12-9-16)21-7-6-18(15-20(21)23(29)24-10-13-32-2)25-22(28)17-4-3-5-19(14-17)27(30)31/h3-7,14-16H,8-13H2,1-2H3,(H,24,29)(H,25,28). The van der Waals surface area contributed by atoms with Gasteiger partial charge in [0.15, 0.2) is 0 Å². The topological polar surface area (TPSA) is 114 Å². The van der Waals surface area contributed by atoms with Crippen molar-refractivity contribution < 1.29 is 19.2 Å². The summed E-state index contributed by atoms with van der Waals surface area (Å²) >= 11 is 0. The Balaban J connectivity index is 1.84. The third-order valence-electron chi connectivity index (χ3n) is 5.53. The zero-order chi connectivity index (χ0) is 23.1. The molecule has 1 fully saturated rings. The van der Waals surface area contributed by atoms with Crippen LogP contribution in [0.4, 0.5) is 17.1 Å². The molecule has 1 aliphatic rings. The van der Waals surface area contributed by atoms with Crippen molar-refractivity contribution in [1.29, 1.82) is 0 Å². The summed E-state index contributed by atoms with van der Waals surface area (Å²) in [6.07, 6.45) is 2.10. The minimum Gasteiger partial charge on any atom is -0.383 e. The lowest BCUT2D eigenvalue weighted by molar-refractivity contribution is -0.384. The van der Waals surface area contributed by atoms with Gasteiger partial charge in [0.2, 0.25) is 0 Å². The molecule has 1 saturated heterocycles. The molecule has 0 bridgehead atoms. The summed E-state index contributed by atoms with van der Waals surface area (Å²) in [5.74, 6) is -0.0835. The lowest BCUT2D eigenvalue weighted by Gasteiger charge is -2.33. The number of hydrogen-bond acceptors (Lipinski definition) is 6. The number of ether oxygens (including phenoxy) is 1. The minimum absolute atomic E-state index is 0.162. The Morgan fingerprint density at radius 3 is 2.59 bits per heavy atom. The summed E-state index contributed by atoms with van der Waals surface area (Å²) in [6, 6.07) is 10.7. The fourth-order valence-electron chi connectivity index (χ4n) is 3.65. The highest BCUT2D eigenvalue weighted by atomic mass is 16.6. The van der Waals surface area contributed by atoms with Crippen LogP contribution in [-0.2, 0) is 4.74 Å². The average molecular weight is 441 g/mol. The van der Waals surface area contributed by atoms with Crippen LogP contribution in [0.15, 0.2) is 42.5 Å². The van der Waals surface area contributed by atoms with Crippen molar-refractivity contribution >= 4 is 28.9 Å². The Morgan fingerprint density at radius 1 is 1.16 bits per heavy atom. The number of benzene rings is 2. The van der Waals surface area contributed by atoms with Crippen LogP contribution in [0.5, 0.6) is 0 Å². The van der Waals surface area contributed by atoms with E-state index in [0.29, 0.717) is 30.3 Å². The highest BCUT2D eigenvalue weighted by Crippen LogP contribution is 2.29. The van der Waals surface area contributed by atoms with Gasteiger partial charge in [-0.2, -0.15) is 0 Å². The van der Waals surface area contributed by atoms with Crippen LogP contribution >= 0.6 is 0 Å². The van der Waals surface area contributed by atoms with Gasteiger partial charge in [-0.1, -0.05) is 13.0 Å². The molecule has 0 aromatic heterocycles. The van der Waals surface area contributed by atoms with E-state index >= 15 is 0 Å². The third-order valence-corrected chi connectivity index (χ3v) is 5.53. The van der Waals surface area contributed by atoms with Crippen molar-refractivity contribution in [2.24, 2.45) is 5.92 Å². The zero-order valence-electron chi connectivity index (χ0n) is 18.3. The van der Waals surface area contributed by atoms with Crippen molar-refractivity contribution in [2.45, 2.75) is 19.8 Å². The zero-order valence-corrected chi connectivity index (χ0v) is 18.3. The van der Waals surface area contributed by atoms with E-state index < -0.39 is 10.8 Å². The summed E-state index contributed by atoms with van der Waals surface area (Å²) in [7, 11) is 1.57. The molecule has 1 aliphatic heterocycles. The summed E-state index contributed by atoms with van der Waals surface area (Å²) < 4.78 is 5.01. The van der Waals surface area contributed by atoms with E-state index in [2.05, 4.69) is 22.5 Å². The number of nitrogens with zero attached hydrogens (tertiary/aromatic N) is 2. The van der Waals surface area contributed by atoms with E-state index in [0.717, 1.165) is 31.6 Å². The predicted molar refractivity (Wildman–Crippen MR) is 122 cm³/mol. The maximum absolute atomic E-state index is 12.9.